The summed E-state index contributed by atoms with van der Waals surface area (Å²) >= 11 is 0. The fraction of sp³-hybridized carbons (Fsp3) is 0.211. The second-order valence-electron chi connectivity index (χ2n) is 5.69. The van der Waals surface area contributed by atoms with E-state index in [2.05, 4.69) is 10.6 Å². The number of esters is 1. The van der Waals surface area contributed by atoms with E-state index in [1.165, 1.54) is 25.3 Å². The molecule has 0 heterocycles. The molecule has 2 aromatic rings. The molecule has 7 heteroatoms. The summed E-state index contributed by atoms with van der Waals surface area (Å²) in [6.07, 6.45) is -0.960. The molecule has 0 aromatic heterocycles. The summed E-state index contributed by atoms with van der Waals surface area (Å²) in [4.78, 5) is 36.0. The van der Waals surface area contributed by atoms with Crippen LogP contribution in [0.15, 0.2) is 48.5 Å². The van der Waals surface area contributed by atoms with Crippen molar-refractivity contribution in [1.82, 2.24) is 0 Å². The Balaban J connectivity index is 2.26. The van der Waals surface area contributed by atoms with Crippen LogP contribution >= 0.6 is 0 Å². The minimum absolute atomic E-state index is 0.179. The molecule has 0 radical (unpaired) electrons. The monoisotopic (exact) mass is 356 g/mol. The van der Waals surface area contributed by atoms with Crippen LogP contribution in [0.5, 0.6) is 0 Å². The van der Waals surface area contributed by atoms with Gasteiger partial charge >= 0.3 is 12.1 Å². The first-order valence-electron chi connectivity index (χ1n) is 7.96. The molecule has 2 N–H and O–H groups in total. The molecule has 0 spiro atoms. The van der Waals surface area contributed by atoms with Gasteiger partial charge in [0.05, 0.1) is 18.8 Å². The fourth-order valence-corrected chi connectivity index (χ4v) is 2.16. The molecule has 2 aromatic carbocycles. The Morgan fingerprint density at radius 1 is 0.885 bits per heavy atom. The molecule has 0 atom stereocenters. The van der Waals surface area contributed by atoms with Gasteiger partial charge in [0.15, 0.2) is 0 Å². The molecule has 0 aliphatic carbocycles. The van der Waals surface area contributed by atoms with E-state index in [4.69, 9.17) is 9.47 Å². The Hall–Kier alpha value is -3.35. The van der Waals surface area contributed by atoms with Gasteiger partial charge in [0.2, 0.25) is 0 Å². The average Bonchev–Trinajstić information content (AvgIpc) is 2.60. The quantitative estimate of drug-likeness (QED) is 0.797. The Morgan fingerprint density at radius 3 is 2.08 bits per heavy atom. The Labute approximate surface area is 151 Å². The lowest BCUT2D eigenvalue weighted by atomic mass is 10.1. The molecule has 2 amide bonds. The van der Waals surface area contributed by atoms with Gasteiger partial charge in [-0.2, -0.15) is 0 Å². The number of anilines is 2. The van der Waals surface area contributed by atoms with Crippen molar-refractivity contribution in [3.05, 3.63) is 59.7 Å². The van der Waals surface area contributed by atoms with Crippen molar-refractivity contribution in [2.24, 2.45) is 0 Å². The Bertz CT molecular complexity index is 803. The number of ether oxygens (including phenoxy) is 2. The van der Waals surface area contributed by atoms with Crippen molar-refractivity contribution in [2.75, 3.05) is 17.7 Å². The van der Waals surface area contributed by atoms with Crippen LogP contribution < -0.4 is 10.6 Å². The molecule has 136 valence electrons. The zero-order valence-corrected chi connectivity index (χ0v) is 14.7. The zero-order chi connectivity index (χ0) is 19.1. The summed E-state index contributed by atoms with van der Waals surface area (Å²) in [6.45, 7) is 3.44. The molecule has 0 fully saturated rings. The molecule has 0 saturated carbocycles. The maximum Gasteiger partial charge on any atom is 0.411 e. The third kappa shape index (κ3) is 5.34. The largest absolute Gasteiger partial charge is 0.465 e. The van der Waals surface area contributed by atoms with Crippen molar-refractivity contribution in [3.63, 3.8) is 0 Å². The molecule has 0 unspecified atom stereocenters. The van der Waals surface area contributed by atoms with Gasteiger partial charge in [-0.3, -0.25) is 10.1 Å². The van der Waals surface area contributed by atoms with Crippen molar-refractivity contribution >= 4 is 29.3 Å². The third-order valence-electron chi connectivity index (χ3n) is 3.24. The lowest BCUT2D eigenvalue weighted by molar-refractivity contribution is 0.0600. The summed E-state index contributed by atoms with van der Waals surface area (Å²) in [5.74, 6) is -0.940. The molecule has 7 nitrogen and oxygen atoms in total. The van der Waals surface area contributed by atoms with Gasteiger partial charge < -0.3 is 14.8 Å². The number of hydrogen-bond acceptors (Lipinski definition) is 5. The van der Waals surface area contributed by atoms with Crippen molar-refractivity contribution in [1.29, 1.82) is 0 Å². The number of benzene rings is 2. The van der Waals surface area contributed by atoms with E-state index in [0.29, 0.717) is 16.9 Å². The number of methoxy groups -OCH3 is 1. The van der Waals surface area contributed by atoms with Crippen LogP contribution in [0.3, 0.4) is 0 Å². The van der Waals surface area contributed by atoms with E-state index in [1.807, 2.05) is 0 Å². The van der Waals surface area contributed by atoms with E-state index in [0.717, 1.165) is 0 Å². The molecule has 0 aliphatic rings. The number of nitrogens with one attached hydrogen (secondary N) is 2. The van der Waals surface area contributed by atoms with Crippen LogP contribution in [0.25, 0.3) is 0 Å². The average molecular weight is 356 g/mol. The van der Waals surface area contributed by atoms with Gasteiger partial charge in [0.1, 0.15) is 0 Å². The molecule has 26 heavy (non-hydrogen) atoms. The molecule has 0 saturated heterocycles. The molecular formula is C19H20N2O5. The number of amides is 2. The number of rotatable bonds is 5. The van der Waals surface area contributed by atoms with Crippen molar-refractivity contribution in [2.45, 2.75) is 20.0 Å². The standard InChI is InChI=1S/C19H20N2O5/c1-12(2)26-19(24)21-16-10-14(18(23)25-3)9-15(11-16)20-17(22)13-7-5-4-6-8-13/h4-12H,1-3H3,(H,20,22)(H,21,24). The maximum atomic E-state index is 12.3. The van der Waals surface area contributed by atoms with Gasteiger partial charge in [-0.05, 0) is 44.2 Å². The number of carbonyl (C=O) groups excluding carboxylic acids is 3. The van der Waals surface area contributed by atoms with E-state index < -0.39 is 12.1 Å². The summed E-state index contributed by atoms with van der Waals surface area (Å²) in [5, 5.41) is 5.22. The first-order valence-corrected chi connectivity index (χ1v) is 7.96. The Morgan fingerprint density at radius 2 is 1.50 bits per heavy atom. The van der Waals surface area contributed by atoms with Gasteiger partial charge in [-0.25, -0.2) is 9.59 Å². The van der Waals surface area contributed by atoms with Crippen LogP contribution in [-0.4, -0.2) is 31.2 Å². The fourth-order valence-electron chi connectivity index (χ4n) is 2.16. The molecule has 2 rings (SSSR count). The highest BCUT2D eigenvalue weighted by atomic mass is 16.6. The smallest absolute Gasteiger partial charge is 0.411 e. The van der Waals surface area contributed by atoms with E-state index in [9.17, 15) is 14.4 Å². The van der Waals surface area contributed by atoms with Crippen molar-refractivity contribution in [3.8, 4) is 0 Å². The van der Waals surface area contributed by atoms with Crippen LogP contribution in [0.4, 0.5) is 16.2 Å². The Kier molecular flexibility index (Phi) is 6.32. The predicted octanol–water partition coefficient (Wildman–Crippen LogP) is 3.68. The molecule has 0 bridgehead atoms. The summed E-state index contributed by atoms with van der Waals surface area (Å²) in [6, 6.07) is 13.0. The minimum Gasteiger partial charge on any atom is -0.465 e. The summed E-state index contributed by atoms with van der Waals surface area (Å²) < 4.78 is 9.73. The SMILES string of the molecule is COC(=O)c1cc(NC(=O)OC(C)C)cc(NC(=O)c2ccccc2)c1. The number of carbonyl (C=O) groups is 3. The van der Waals surface area contributed by atoms with Crippen LogP contribution in [0.2, 0.25) is 0 Å². The van der Waals surface area contributed by atoms with E-state index >= 15 is 0 Å². The van der Waals surface area contributed by atoms with Gasteiger partial charge in [-0.15, -0.1) is 0 Å². The zero-order valence-electron chi connectivity index (χ0n) is 14.7. The highest BCUT2D eigenvalue weighted by molar-refractivity contribution is 6.05. The van der Waals surface area contributed by atoms with Gasteiger partial charge in [0, 0.05) is 16.9 Å². The highest BCUT2D eigenvalue weighted by Crippen LogP contribution is 2.21. The molecular weight excluding hydrogens is 336 g/mol. The van der Waals surface area contributed by atoms with Crippen LogP contribution in [0, 0.1) is 0 Å². The van der Waals surface area contributed by atoms with E-state index in [1.54, 1.807) is 44.2 Å². The predicted molar refractivity (Wildman–Crippen MR) is 97.4 cm³/mol. The highest BCUT2D eigenvalue weighted by Gasteiger charge is 2.14. The minimum atomic E-state index is -0.664. The van der Waals surface area contributed by atoms with E-state index in [-0.39, 0.29) is 17.6 Å². The second-order valence-corrected chi connectivity index (χ2v) is 5.69. The summed E-state index contributed by atoms with van der Waals surface area (Å²) in [5.41, 5.74) is 1.27. The van der Waals surface area contributed by atoms with Gasteiger partial charge in [-0.1, -0.05) is 18.2 Å². The lowest BCUT2D eigenvalue weighted by Gasteiger charge is -2.13. The first-order chi connectivity index (χ1) is 12.4. The third-order valence-corrected chi connectivity index (χ3v) is 3.24. The summed E-state index contributed by atoms with van der Waals surface area (Å²) in [7, 11) is 1.25. The normalized spacial score (nSPS) is 10.2. The maximum absolute atomic E-state index is 12.3. The lowest BCUT2D eigenvalue weighted by Crippen LogP contribution is -2.19. The number of hydrogen-bond donors (Lipinski definition) is 2. The first kappa shape index (κ1) is 19.0. The van der Waals surface area contributed by atoms with Crippen LogP contribution in [-0.2, 0) is 9.47 Å². The second kappa shape index (κ2) is 8.66. The van der Waals surface area contributed by atoms with Gasteiger partial charge in [0.25, 0.3) is 5.91 Å². The van der Waals surface area contributed by atoms with Crippen molar-refractivity contribution < 1.29 is 23.9 Å². The topological polar surface area (TPSA) is 93.7 Å². The van der Waals surface area contributed by atoms with Crippen LogP contribution in [0.1, 0.15) is 34.6 Å². The molecule has 0 aliphatic heterocycles.